The van der Waals surface area contributed by atoms with Gasteiger partial charge in [0.25, 0.3) is 0 Å². The van der Waals surface area contributed by atoms with Crippen molar-refractivity contribution in [2.45, 2.75) is 19.4 Å². The highest BCUT2D eigenvalue weighted by molar-refractivity contribution is 5.84. The third kappa shape index (κ3) is 2.73. The summed E-state index contributed by atoms with van der Waals surface area (Å²) < 4.78 is 15.2. The summed E-state index contributed by atoms with van der Waals surface area (Å²) in [4.78, 5) is 24.3. The van der Waals surface area contributed by atoms with Crippen LogP contribution in [0.4, 0.5) is 4.79 Å². The maximum absolute atomic E-state index is 11.7. The SMILES string of the molecule is COC(=O)N1COCCOCC(C)[C@@]1(C)C(=O)O. The van der Waals surface area contributed by atoms with Gasteiger partial charge in [-0.3, -0.25) is 4.90 Å². The van der Waals surface area contributed by atoms with Crippen LogP contribution in [0.2, 0.25) is 0 Å². The summed E-state index contributed by atoms with van der Waals surface area (Å²) in [6, 6.07) is 0. The highest BCUT2D eigenvalue weighted by atomic mass is 16.6. The fourth-order valence-electron chi connectivity index (χ4n) is 1.77. The van der Waals surface area contributed by atoms with E-state index in [0.29, 0.717) is 13.2 Å². The molecule has 7 nitrogen and oxygen atoms in total. The quantitative estimate of drug-likeness (QED) is 0.741. The molecule has 0 aromatic heterocycles. The van der Waals surface area contributed by atoms with Crippen LogP contribution in [-0.4, -0.2) is 61.3 Å². The summed E-state index contributed by atoms with van der Waals surface area (Å²) in [5.74, 6) is -1.51. The Kier molecular flexibility index (Phi) is 4.92. The molecule has 1 aliphatic heterocycles. The molecule has 0 spiro atoms. The molecular formula is C11H19NO6. The number of carboxylic acids is 1. The molecule has 1 rings (SSSR count). The lowest BCUT2D eigenvalue weighted by molar-refractivity contribution is -0.157. The molecule has 1 amide bonds. The molecule has 0 radical (unpaired) electrons. The zero-order valence-corrected chi connectivity index (χ0v) is 10.8. The van der Waals surface area contributed by atoms with E-state index in [2.05, 4.69) is 4.74 Å². The van der Waals surface area contributed by atoms with Crippen molar-refractivity contribution in [1.29, 1.82) is 0 Å². The van der Waals surface area contributed by atoms with Crippen LogP contribution in [-0.2, 0) is 19.0 Å². The van der Waals surface area contributed by atoms with Crippen LogP contribution in [0.25, 0.3) is 0 Å². The highest BCUT2D eigenvalue weighted by Crippen LogP contribution is 2.27. The van der Waals surface area contributed by atoms with Gasteiger partial charge in [-0.05, 0) is 6.92 Å². The second-order valence-corrected chi connectivity index (χ2v) is 4.36. The summed E-state index contributed by atoms with van der Waals surface area (Å²) in [5.41, 5.74) is -1.43. The van der Waals surface area contributed by atoms with Crippen LogP contribution in [0.15, 0.2) is 0 Å². The Bertz CT molecular complexity index is 321. The number of aliphatic carboxylic acids is 1. The first-order valence-electron chi connectivity index (χ1n) is 5.69. The van der Waals surface area contributed by atoms with Gasteiger partial charge >= 0.3 is 12.1 Å². The van der Waals surface area contributed by atoms with Crippen molar-refractivity contribution in [2.75, 3.05) is 33.7 Å². The number of carbonyl (C=O) groups excluding carboxylic acids is 1. The van der Waals surface area contributed by atoms with Gasteiger partial charge in [-0.2, -0.15) is 0 Å². The minimum Gasteiger partial charge on any atom is -0.479 e. The molecule has 18 heavy (non-hydrogen) atoms. The van der Waals surface area contributed by atoms with Gasteiger partial charge in [0, 0.05) is 5.92 Å². The number of rotatable bonds is 1. The molecule has 1 saturated heterocycles. The predicted molar refractivity (Wildman–Crippen MR) is 61.1 cm³/mol. The minimum atomic E-state index is -1.43. The van der Waals surface area contributed by atoms with Gasteiger partial charge in [0.2, 0.25) is 0 Å². The molecule has 2 atom stereocenters. The number of carbonyl (C=O) groups is 2. The molecule has 0 aliphatic carbocycles. The number of amides is 1. The molecular weight excluding hydrogens is 242 g/mol. The molecule has 0 saturated carbocycles. The smallest absolute Gasteiger partial charge is 0.412 e. The van der Waals surface area contributed by atoms with Gasteiger partial charge in [0.05, 0.1) is 26.9 Å². The van der Waals surface area contributed by atoms with Crippen molar-refractivity contribution < 1.29 is 28.9 Å². The van der Waals surface area contributed by atoms with Crippen LogP contribution in [0.1, 0.15) is 13.8 Å². The van der Waals surface area contributed by atoms with E-state index in [1.54, 1.807) is 6.92 Å². The van der Waals surface area contributed by atoms with E-state index >= 15 is 0 Å². The lowest BCUT2D eigenvalue weighted by Crippen LogP contribution is -2.60. The number of nitrogens with zero attached hydrogens (tertiary/aromatic N) is 1. The maximum Gasteiger partial charge on any atom is 0.412 e. The molecule has 1 aliphatic rings. The third-order valence-electron chi connectivity index (χ3n) is 3.31. The minimum absolute atomic E-state index is 0.136. The van der Waals surface area contributed by atoms with Crippen molar-refractivity contribution in [3.63, 3.8) is 0 Å². The van der Waals surface area contributed by atoms with Crippen LogP contribution in [0.5, 0.6) is 0 Å². The first-order valence-corrected chi connectivity index (χ1v) is 5.69. The van der Waals surface area contributed by atoms with E-state index < -0.39 is 23.5 Å². The highest BCUT2D eigenvalue weighted by Gasteiger charge is 2.48. The average molecular weight is 261 g/mol. The largest absolute Gasteiger partial charge is 0.479 e. The molecule has 0 bridgehead atoms. The summed E-state index contributed by atoms with van der Waals surface area (Å²) in [5, 5.41) is 9.43. The molecule has 1 N–H and O–H groups in total. The molecule has 1 unspecified atom stereocenters. The van der Waals surface area contributed by atoms with Crippen LogP contribution < -0.4 is 0 Å². The zero-order valence-electron chi connectivity index (χ0n) is 10.8. The van der Waals surface area contributed by atoms with E-state index in [9.17, 15) is 14.7 Å². The van der Waals surface area contributed by atoms with Crippen LogP contribution in [0.3, 0.4) is 0 Å². The Labute approximate surface area is 106 Å². The Morgan fingerprint density at radius 3 is 2.56 bits per heavy atom. The van der Waals surface area contributed by atoms with Gasteiger partial charge in [-0.15, -0.1) is 0 Å². The lowest BCUT2D eigenvalue weighted by atomic mass is 9.86. The number of methoxy groups -OCH3 is 1. The first kappa shape index (κ1) is 14.7. The maximum atomic E-state index is 11.7. The first-order chi connectivity index (χ1) is 8.44. The molecule has 104 valence electrons. The molecule has 1 fully saturated rings. The normalized spacial score (nSPS) is 29.9. The van der Waals surface area contributed by atoms with Crippen molar-refractivity contribution in [3.8, 4) is 0 Å². The van der Waals surface area contributed by atoms with E-state index in [0.717, 1.165) is 4.90 Å². The van der Waals surface area contributed by atoms with E-state index in [-0.39, 0.29) is 13.3 Å². The Balaban J connectivity index is 3.09. The molecule has 1 heterocycles. The van der Waals surface area contributed by atoms with E-state index in [4.69, 9.17) is 9.47 Å². The number of hydrogen-bond donors (Lipinski definition) is 1. The summed E-state index contributed by atoms with van der Waals surface area (Å²) in [6.07, 6.45) is -0.728. The van der Waals surface area contributed by atoms with Crippen molar-refractivity contribution in [2.24, 2.45) is 5.92 Å². The molecule has 7 heteroatoms. The average Bonchev–Trinajstić information content (AvgIpc) is 2.41. The number of carboxylic acid groups (broad SMARTS) is 1. The zero-order chi connectivity index (χ0) is 13.8. The van der Waals surface area contributed by atoms with Crippen molar-refractivity contribution >= 4 is 12.1 Å². The van der Waals surface area contributed by atoms with Crippen LogP contribution in [0, 0.1) is 5.92 Å². The molecule has 0 aromatic rings. The predicted octanol–water partition coefficient (Wildman–Crippen LogP) is 0.538. The van der Waals surface area contributed by atoms with Crippen molar-refractivity contribution in [3.05, 3.63) is 0 Å². The van der Waals surface area contributed by atoms with Gasteiger partial charge in [-0.25, -0.2) is 9.59 Å². The number of hydrogen-bond acceptors (Lipinski definition) is 5. The van der Waals surface area contributed by atoms with Crippen LogP contribution >= 0.6 is 0 Å². The second kappa shape index (κ2) is 6.01. The standard InChI is InChI=1S/C11H19NO6/c1-8-6-17-4-5-18-7-12(10(15)16-3)11(8,2)9(13)14/h8H,4-7H2,1-3H3,(H,13,14)/t8?,11-/m0/s1. The monoisotopic (exact) mass is 261 g/mol. The summed E-state index contributed by atoms with van der Waals surface area (Å²) >= 11 is 0. The van der Waals surface area contributed by atoms with Gasteiger partial charge < -0.3 is 19.3 Å². The second-order valence-electron chi connectivity index (χ2n) is 4.36. The van der Waals surface area contributed by atoms with Crippen molar-refractivity contribution in [1.82, 2.24) is 4.90 Å². The molecule has 0 aromatic carbocycles. The fourth-order valence-corrected chi connectivity index (χ4v) is 1.77. The van der Waals surface area contributed by atoms with Gasteiger partial charge in [0.15, 0.2) is 0 Å². The Hall–Kier alpha value is -1.34. The third-order valence-corrected chi connectivity index (χ3v) is 3.31. The lowest BCUT2D eigenvalue weighted by Gasteiger charge is -2.39. The summed E-state index contributed by atoms with van der Waals surface area (Å²) in [6.45, 7) is 3.96. The van der Waals surface area contributed by atoms with Gasteiger partial charge in [-0.1, -0.05) is 6.92 Å². The Morgan fingerprint density at radius 2 is 2.00 bits per heavy atom. The number of ether oxygens (including phenoxy) is 3. The topological polar surface area (TPSA) is 85.3 Å². The van der Waals surface area contributed by atoms with E-state index in [1.165, 1.54) is 14.0 Å². The summed E-state index contributed by atoms with van der Waals surface area (Å²) in [7, 11) is 1.21. The van der Waals surface area contributed by atoms with Gasteiger partial charge in [0.1, 0.15) is 12.3 Å². The Morgan fingerprint density at radius 1 is 1.39 bits per heavy atom. The van der Waals surface area contributed by atoms with E-state index in [1.807, 2.05) is 0 Å². The fraction of sp³-hybridized carbons (Fsp3) is 0.818.